The standard InChI is InChI=1S/C55H53NO/c1-9-16-20-27-53-41(8)51-38-33-45(14-6)54(55(51)57-53)52-39-37-50(40-46(52)15-7)56(48-26-21-25-47(32-36-48)44(13-5)24-19-12-4)49-34-30-43(31-35-49)29-28-42(22-17-10-2)23-18-11-3/h5,10-12,16-22,24,26-28,30-40H,1-2,14-15,23,29H2,3-4,6-8H3/b18-11-,19-12-,22-17-,27-20-,42-28+,44-24+. The lowest BCUT2D eigenvalue weighted by molar-refractivity contribution is 0.601. The van der Waals surface area contributed by atoms with Crippen LogP contribution < -0.4 is 4.90 Å². The number of allylic oxidation sites excluding steroid dienone is 17. The Bertz CT molecular complexity index is 2510. The molecule has 0 saturated carbocycles. The van der Waals surface area contributed by atoms with Gasteiger partial charge in [0, 0.05) is 44.7 Å². The number of fused-ring (bicyclic) bond motifs is 1. The fraction of sp³-hybridized carbons (Fsp3) is 0.164. The van der Waals surface area contributed by atoms with Gasteiger partial charge in [0.05, 0.1) is 0 Å². The van der Waals surface area contributed by atoms with E-state index in [4.69, 9.17) is 10.8 Å². The predicted octanol–water partition coefficient (Wildman–Crippen LogP) is 14.9. The normalized spacial score (nSPS) is 13.4. The van der Waals surface area contributed by atoms with Crippen molar-refractivity contribution in [1.29, 1.82) is 0 Å². The zero-order chi connectivity index (χ0) is 40.6. The molecule has 2 heteroatoms. The summed E-state index contributed by atoms with van der Waals surface area (Å²) in [5.41, 5.74) is 20.3. The Balaban J connectivity index is 1.63. The number of hydrogen-bond donors (Lipinski definition) is 0. The fourth-order valence-corrected chi connectivity index (χ4v) is 6.91. The van der Waals surface area contributed by atoms with Gasteiger partial charge in [-0.2, -0.15) is 0 Å². The lowest BCUT2D eigenvalue weighted by Crippen LogP contribution is -2.15. The maximum absolute atomic E-state index is 6.64. The molecular formula is C55H53NO. The van der Waals surface area contributed by atoms with Crippen LogP contribution in [0.25, 0.3) is 28.2 Å². The molecule has 0 saturated heterocycles. The Morgan fingerprint density at radius 3 is 2.42 bits per heavy atom. The molecule has 0 unspecified atom stereocenters. The van der Waals surface area contributed by atoms with Crippen LogP contribution in [-0.2, 0) is 19.3 Å². The first-order chi connectivity index (χ1) is 27.9. The summed E-state index contributed by atoms with van der Waals surface area (Å²) in [6.07, 6.45) is 41.7. The van der Waals surface area contributed by atoms with E-state index in [-0.39, 0.29) is 0 Å². The highest BCUT2D eigenvalue weighted by atomic mass is 16.3. The molecule has 0 spiro atoms. The lowest BCUT2D eigenvalue weighted by Gasteiger charge is -2.27. The summed E-state index contributed by atoms with van der Waals surface area (Å²) in [5, 5.41) is 1.12. The van der Waals surface area contributed by atoms with E-state index in [2.05, 4.69) is 160 Å². The van der Waals surface area contributed by atoms with Crippen LogP contribution in [0, 0.1) is 19.3 Å². The van der Waals surface area contributed by atoms with Crippen LogP contribution in [0.1, 0.15) is 62.1 Å². The molecule has 1 aliphatic carbocycles. The Hall–Kier alpha value is -6.74. The highest BCUT2D eigenvalue weighted by Crippen LogP contribution is 2.41. The summed E-state index contributed by atoms with van der Waals surface area (Å²) in [5.74, 6) is 3.68. The van der Waals surface area contributed by atoms with Crippen LogP contribution in [-0.4, -0.2) is 0 Å². The molecule has 1 aromatic heterocycles. The number of aryl methyl sites for hydroxylation is 3. The molecule has 1 aliphatic rings. The lowest BCUT2D eigenvalue weighted by atomic mass is 9.90. The first kappa shape index (κ1) is 41.4. The number of hydrogen-bond acceptors (Lipinski definition) is 2. The summed E-state index contributed by atoms with van der Waals surface area (Å²) in [4.78, 5) is 2.31. The van der Waals surface area contributed by atoms with Crippen molar-refractivity contribution in [3.8, 4) is 23.5 Å². The smallest absolute Gasteiger partial charge is 0.143 e. The van der Waals surface area contributed by atoms with Gasteiger partial charge in [0.15, 0.2) is 0 Å². The first-order valence-electron chi connectivity index (χ1n) is 19.7. The van der Waals surface area contributed by atoms with E-state index >= 15 is 0 Å². The minimum atomic E-state index is 0.776. The highest BCUT2D eigenvalue weighted by Gasteiger charge is 2.21. The molecule has 0 aliphatic heterocycles. The molecule has 0 atom stereocenters. The van der Waals surface area contributed by atoms with Gasteiger partial charge in [0.1, 0.15) is 11.3 Å². The molecule has 0 amide bonds. The molecule has 284 valence electrons. The fourth-order valence-electron chi connectivity index (χ4n) is 6.91. The van der Waals surface area contributed by atoms with E-state index < -0.39 is 0 Å². The number of terminal acetylenes is 1. The third kappa shape index (κ3) is 10.1. The molecule has 0 bridgehead atoms. The molecule has 4 aromatic rings. The quantitative estimate of drug-likeness (QED) is 0.0492. The molecule has 0 fully saturated rings. The maximum atomic E-state index is 6.64. The van der Waals surface area contributed by atoms with Crippen molar-refractivity contribution in [2.75, 3.05) is 4.90 Å². The minimum Gasteiger partial charge on any atom is -0.456 e. The van der Waals surface area contributed by atoms with Gasteiger partial charge in [-0.15, -0.1) is 17.9 Å². The van der Waals surface area contributed by atoms with Crippen LogP contribution in [0.15, 0.2) is 197 Å². The van der Waals surface area contributed by atoms with Crippen LogP contribution in [0.2, 0.25) is 0 Å². The zero-order valence-electron chi connectivity index (χ0n) is 34.1. The van der Waals surface area contributed by atoms with Crippen molar-refractivity contribution in [3.63, 3.8) is 0 Å². The van der Waals surface area contributed by atoms with Gasteiger partial charge < -0.3 is 9.32 Å². The van der Waals surface area contributed by atoms with Crippen LogP contribution in [0.5, 0.6) is 0 Å². The van der Waals surface area contributed by atoms with E-state index in [1.54, 1.807) is 6.08 Å². The van der Waals surface area contributed by atoms with E-state index in [0.29, 0.717) is 0 Å². The van der Waals surface area contributed by atoms with Gasteiger partial charge in [-0.25, -0.2) is 0 Å². The third-order valence-electron chi connectivity index (χ3n) is 9.97. The van der Waals surface area contributed by atoms with Crippen LogP contribution >= 0.6 is 0 Å². The van der Waals surface area contributed by atoms with Crippen molar-refractivity contribution in [1.82, 2.24) is 0 Å². The number of benzene rings is 3. The van der Waals surface area contributed by atoms with Crippen LogP contribution in [0.4, 0.5) is 11.4 Å². The number of nitrogens with zero attached hydrogens (tertiary/aromatic N) is 1. The summed E-state index contributed by atoms with van der Waals surface area (Å²) in [7, 11) is 0. The van der Waals surface area contributed by atoms with E-state index in [1.807, 2.05) is 55.5 Å². The topological polar surface area (TPSA) is 16.4 Å². The van der Waals surface area contributed by atoms with Gasteiger partial charge in [0.25, 0.3) is 0 Å². The molecular weight excluding hydrogens is 691 g/mol. The highest BCUT2D eigenvalue weighted by molar-refractivity contribution is 5.98. The van der Waals surface area contributed by atoms with Gasteiger partial charge in [-0.3, -0.25) is 0 Å². The summed E-state index contributed by atoms with van der Waals surface area (Å²) in [6.45, 7) is 18.1. The minimum absolute atomic E-state index is 0.776. The molecule has 0 radical (unpaired) electrons. The van der Waals surface area contributed by atoms with E-state index in [0.717, 1.165) is 81.8 Å². The predicted molar refractivity (Wildman–Crippen MR) is 248 cm³/mol. The molecule has 57 heavy (non-hydrogen) atoms. The Kier molecular flexibility index (Phi) is 15.1. The maximum Gasteiger partial charge on any atom is 0.143 e. The molecule has 0 N–H and O–H groups in total. The van der Waals surface area contributed by atoms with Crippen LogP contribution in [0.3, 0.4) is 0 Å². The van der Waals surface area contributed by atoms with Gasteiger partial charge in [-0.1, -0.05) is 118 Å². The van der Waals surface area contributed by atoms with Crippen molar-refractivity contribution in [2.45, 2.75) is 60.3 Å². The van der Waals surface area contributed by atoms with Crippen molar-refractivity contribution in [2.24, 2.45) is 0 Å². The second kappa shape index (κ2) is 20.8. The summed E-state index contributed by atoms with van der Waals surface area (Å²) >= 11 is 0. The second-order valence-electron chi connectivity index (χ2n) is 13.6. The first-order valence-corrected chi connectivity index (χ1v) is 19.7. The van der Waals surface area contributed by atoms with Gasteiger partial charge in [0.2, 0.25) is 0 Å². The monoisotopic (exact) mass is 743 g/mol. The number of rotatable bonds is 16. The van der Waals surface area contributed by atoms with Gasteiger partial charge >= 0.3 is 0 Å². The van der Waals surface area contributed by atoms with E-state index in [9.17, 15) is 0 Å². The Morgan fingerprint density at radius 1 is 0.930 bits per heavy atom. The van der Waals surface area contributed by atoms with Gasteiger partial charge in [-0.05, 0) is 141 Å². The second-order valence-corrected chi connectivity index (χ2v) is 13.6. The molecule has 2 nitrogen and oxygen atoms in total. The van der Waals surface area contributed by atoms with E-state index in [1.165, 1.54) is 27.8 Å². The number of anilines is 2. The Labute approximate surface area is 341 Å². The summed E-state index contributed by atoms with van der Waals surface area (Å²) in [6, 6.07) is 20.1. The zero-order valence-corrected chi connectivity index (χ0v) is 34.1. The average molecular weight is 744 g/mol. The SMILES string of the molecule is C#C/C(=C\C=C/C)C1=C=CC=C(N(c2ccc(C/C=C(\C=C/C=C)C/C=C\C)cc2)c2ccc(-c3c(CC)ccc4c(C)c(/C=C\C=C=C)oc34)c(CC)c2)C=C1. The summed E-state index contributed by atoms with van der Waals surface area (Å²) < 4.78 is 6.64. The number of furan rings is 1. The molecule has 3 aromatic carbocycles. The van der Waals surface area contributed by atoms with Crippen molar-refractivity contribution in [3.05, 3.63) is 221 Å². The molecule has 5 rings (SSSR count). The molecule has 1 heterocycles. The Morgan fingerprint density at radius 2 is 1.72 bits per heavy atom. The van der Waals surface area contributed by atoms with Crippen molar-refractivity contribution >= 4 is 28.4 Å². The largest absolute Gasteiger partial charge is 0.456 e. The van der Waals surface area contributed by atoms with Crippen molar-refractivity contribution < 1.29 is 4.42 Å². The third-order valence-corrected chi connectivity index (χ3v) is 9.97. The average Bonchev–Trinajstić information content (AvgIpc) is 3.38.